The van der Waals surface area contributed by atoms with Crippen molar-refractivity contribution in [3.8, 4) is 0 Å². The second-order valence-electron chi connectivity index (χ2n) is 4.42. The summed E-state index contributed by atoms with van der Waals surface area (Å²) in [5.41, 5.74) is 4.89. The molecular weight excluding hydrogens is 200 g/mol. The Hall–Kier alpha value is -1.57. The number of aryl methyl sites for hydroxylation is 1. The molecule has 0 fully saturated rings. The van der Waals surface area contributed by atoms with Crippen molar-refractivity contribution < 1.29 is 9.90 Å². The van der Waals surface area contributed by atoms with E-state index in [4.69, 9.17) is 5.11 Å². The first kappa shape index (κ1) is 10.9. The number of aliphatic carboxylic acids is 1. The van der Waals surface area contributed by atoms with Crippen LogP contribution in [0.1, 0.15) is 30.0 Å². The lowest BCUT2D eigenvalue weighted by atomic mass is 9.84. The minimum atomic E-state index is -0.734. The molecule has 84 valence electrons. The monoisotopic (exact) mass is 216 g/mol. The van der Waals surface area contributed by atoms with Crippen LogP contribution < -0.4 is 0 Å². The van der Waals surface area contributed by atoms with Crippen LogP contribution in [-0.4, -0.2) is 11.1 Å². The number of rotatable bonds is 2. The van der Waals surface area contributed by atoms with E-state index in [0.29, 0.717) is 0 Å². The van der Waals surface area contributed by atoms with Crippen molar-refractivity contribution in [2.75, 3.05) is 0 Å². The highest BCUT2D eigenvalue weighted by atomic mass is 16.4. The van der Waals surface area contributed by atoms with E-state index in [1.807, 2.05) is 12.1 Å². The van der Waals surface area contributed by atoms with Crippen molar-refractivity contribution in [1.82, 2.24) is 0 Å². The van der Waals surface area contributed by atoms with Crippen molar-refractivity contribution in [2.45, 2.75) is 26.7 Å². The molecule has 0 saturated carbocycles. The molecule has 0 saturated heterocycles. The number of carboxylic acid groups (broad SMARTS) is 1. The van der Waals surface area contributed by atoms with Gasteiger partial charge in [-0.1, -0.05) is 29.8 Å². The van der Waals surface area contributed by atoms with Gasteiger partial charge in [0.25, 0.3) is 0 Å². The van der Waals surface area contributed by atoms with Gasteiger partial charge in [0.2, 0.25) is 0 Å². The molecule has 0 aromatic heterocycles. The van der Waals surface area contributed by atoms with E-state index >= 15 is 0 Å². The predicted octanol–water partition coefficient (Wildman–Crippen LogP) is 3.05. The zero-order valence-corrected chi connectivity index (χ0v) is 9.66. The number of carboxylic acids is 1. The average Bonchev–Trinajstić information content (AvgIpc) is 2.28. The Labute approximate surface area is 95.6 Å². The largest absolute Gasteiger partial charge is 0.481 e. The summed E-state index contributed by atoms with van der Waals surface area (Å²) in [5, 5.41) is 9.00. The zero-order valence-electron chi connectivity index (χ0n) is 9.66. The maximum atomic E-state index is 10.9. The fourth-order valence-electron chi connectivity index (χ4n) is 2.24. The van der Waals surface area contributed by atoms with Crippen LogP contribution >= 0.6 is 0 Å². The van der Waals surface area contributed by atoms with Crippen LogP contribution in [0, 0.1) is 12.8 Å². The summed E-state index contributed by atoms with van der Waals surface area (Å²) >= 11 is 0. The molecule has 1 atom stereocenters. The van der Waals surface area contributed by atoms with E-state index in [1.165, 1.54) is 16.7 Å². The van der Waals surface area contributed by atoms with Gasteiger partial charge in [-0.15, -0.1) is 0 Å². The van der Waals surface area contributed by atoms with Crippen LogP contribution in [0.2, 0.25) is 0 Å². The molecule has 0 amide bonds. The van der Waals surface area contributed by atoms with Crippen LogP contribution in [0.3, 0.4) is 0 Å². The van der Waals surface area contributed by atoms with E-state index in [2.05, 4.69) is 19.1 Å². The molecule has 1 aromatic carbocycles. The SMILES string of the molecule is Cc1cccc2c1CCC(C(C)C(=O)O)=C2. The first-order valence-electron chi connectivity index (χ1n) is 5.61. The summed E-state index contributed by atoms with van der Waals surface area (Å²) in [5.74, 6) is -1.10. The molecular formula is C14H16O2. The quantitative estimate of drug-likeness (QED) is 0.825. The normalized spacial score (nSPS) is 16.2. The summed E-state index contributed by atoms with van der Waals surface area (Å²) in [6.07, 6.45) is 3.88. The Balaban J connectivity index is 2.39. The Kier molecular flexibility index (Phi) is 2.82. The summed E-state index contributed by atoms with van der Waals surface area (Å²) < 4.78 is 0. The molecule has 2 nitrogen and oxygen atoms in total. The van der Waals surface area contributed by atoms with Gasteiger partial charge in [0.1, 0.15) is 0 Å². The van der Waals surface area contributed by atoms with Crippen molar-refractivity contribution in [2.24, 2.45) is 5.92 Å². The third-order valence-corrected chi connectivity index (χ3v) is 3.38. The standard InChI is InChI=1S/C14H16O2/c1-9-4-3-5-12-8-11(6-7-13(9)12)10(2)14(15)16/h3-5,8,10H,6-7H2,1-2H3,(H,15,16). The van der Waals surface area contributed by atoms with E-state index in [1.54, 1.807) is 6.92 Å². The Bertz CT molecular complexity index is 458. The van der Waals surface area contributed by atoms with Crippen molar-refractivity contribution >= 4 is 12.0 Å². The highest BCUT2D eigenvalue weighted by Crippen LogP contribution is 2.30. The highest BCUT2D eigenvalue weighted by Gasteiger charge is 2.20. The fraction of sp³-hybridized carbons (Fsp3) is 0.357. The van der Waals surface area contributed by atoms with Gasteiger partial charge in [-0.2, -0.15) is 0 Å². The molecule has 1 unspecified atom stereocenters. The lowest BCUT2D eigenvalue weighted by Gasteiger charge is -2.20. The molecule has 0 heterocycles. The van der Waals surface area contributed by atoms with Gasteiger partial charge in [0.15, 0.2) is 0 Å². The molecule has 16 heavy (non-hydrogen) atoms. The van der Waals surface area contributed by atoms with Crippen LogP contribution in [0.25, 0.3) is 6.08 Å². The number of benzene rings is 1. The molecule has 2 rings (SSSR count). The van der Waals surface area contributed by atoms with Crippen molar-refractivity contribution in [1.29, 1.82) is 0 Å². The minimum Gasteiger partial charge on any atom is -0.481 e. The molecule has 2 heteroatoms. The number of hydrogen-bond donors (Lipinski definition) is 1. The van der Waals surface area contributed by atoms with Crippen LogP contribution in [-0.2, 0) is 11.2 Å². The summed E-state index contributed by atoms with van der Waals surface area (Å²) in [6.45, 7) is 3.87. The first-order valence-corrected chi connectivity index (χ1v) is 5.61. The maximum absolute atomic E-state index is 10.9. The lowest BCUT2D eigenvalue weighted by Crippen LogP contribution is -2.15. The van der Waals surface area contributed by atoms with E-state index in [9.17, 15) is 4.79 Å². The fourth-order valence-corrected chi connectivity index (χ4v) is 2.24. The Morgan fingerprint density at radius 3 is 2.81 bits per heavy atom. The molecule has 0 spiro atoms. The molecule has 0 bridgehead atoms. The zero-order chi connectivity index (χ0) is 11.7. The second-order valence-corrected chi connectivity index (χ2v) is 4.42. The predicted molar refractivity (Wildman–Crippen MR) is 64.3 cm³/mol. The lowest BCUT2D eigenvalue weighted by molar-refractivity contribution is -0.139. The molecule has 0 aliphatic heterocycles. The van der Waals surface area contributed by atoms with Gasteiger partial charge in [0.05, 0.1) is 5.92 Å². The summed E-state index contributed by atoms with van der Waals surface area (Å²) in [6, 6.07) is 6.20. The van der Waals surface area contributed by atoms with Gasteiger partial charge in [0, 0.05) is 0 Å². The maximum Gasteiger partial charge on any atom is 0.310 e. The van der Waals surface area contributed by atoms with Gasteiger partial charge in [-0.05, 0) is 43.4 Å². The van der Waals surface area contributed by atoms with Gasteiger partial charge >= 0.3 is 5.97 Å². The summed E-state index contributed by atoms with van der Waals surface area (Å²) in [7, 11) is 0. The number of carbonyl (C=O) groups is 1. The van der Waals surface area contributed by atoms with Crippen molar-refractivity contribution in [3.63, 3.8) is 0 Å². The Morgan fingerprint density at radius 1 is 1.38 bits per heavy atom. The van der Waals surface area contributed by atoms with Gasteiger partial charge in [-0.25, -0.2) is 0 Å². The molecule has 0 radical (unpaired) electrons. The van der Waals surface area contributed by atoms with Crippen LogP contribution in [0.4, 0.5) is 0 Å². The van der Waals surface area contributed by atoms with E-state index in [-0.39, 0.29) is 5.92 Å². The summed E-state index contributed by atoms with van der Waals surface area (Å²) in [4.78, 5) is 10.9. The molecule has 1 aliphatic rings. The second kappa shape index (κ2) is 4.12. The van der Waals surface area contributed by atoms with E-state index in [0.717, 1.165) is 18.4 Å². The first-order chi connectivity index (χ1) is 7.59. The molecule has 1 aromatic rings. The molecule has 1 aliphatic carbocycles. The van der Waals surface area contributed by atoms with Gasteiger partial charge in [-0.3, -0.25) is 4.79 Å². The topological polar surface area (TPSA) is 37.3 Å². The number of hydrogen-bond acceptors (Lipinski definition) is 1. The van der Waals surface area contributed by atoms with Gasteiger partial charge < -0.3 is 5.11 Å². The van der Waals surface area contributed by atoms with Crippen molar-refractivity contribution in [3.05, 3.63) is 40.5 Å². The van der Waals surface area contributed by atoms with Crippen LogP contribution in [0.5, 0.6) is 0 Å². The number of fused-ring (bicyclic) bond motifs is 1. The average molecular weight is 216 g/mol. The third-order valence-electron chi connectivity index (χ3n) is 3.38. The minimum absolute atomic E-state index is 0.367. The van der Waals surface area contributed by atoms with Crippen LogP contribution in [0.15, 0.2) is 23.8 Å². The van der Waals surface area contributed by atoms with E-state index < -0.39 is 5.97 Å². The third kappa shape index (κ3) is 1.87. The molecule has 1 N–H and O–H groups in total. The smallest absolute Gasteiger partial charge is 0.310 e. The highest BCUT2D eigenvalue weighted by molar-refractivity contribution is 5.76. The Morgan fingerprint density at radius 2 is 2.12 bits per heavy atom.